The number of hydrogen-bond donors (Lipinski definition) is 6. The van der Waals surface area contributed by atoms with E-state index < -0.39 is 81.6 Å². The van der Waals surface area contributed by atoms with E-state index in [0.29, 0.717) is 5.56 Å². The van der Waals surface area contributed by atoms with Crippen molar-refractivity contribution in [1.29, 1.82) is 0 Å². The molecule has 4 rings (SSSR count). The number of ether oxygens (including phenoxy) is 1. The van der Waals surface area contributed by atoms with Gasteiger partial charge >= 0.3 is 5.97 Å². The zero-order chi connectivity index (χ0) is 27.7. The van der Waals surface area contributed by atoms with Gasteiger partial charge in [-0.25, -0.2) is 0 Å². The fraction of sp³-hybridized carbons (Fsp3) is 0.440. The molecule has 1 fully saturated rings. The molecule has 0 bridgehead atoms. The number of amides is 1. The first-order valence-electron chi connectivity index (χ1n) is 11.6. The Morgan fingerprint density at radius 3 is 2.35 bits per heavy atom. The maximum Gasteiger partial charge on any atom is 0.309 e. The number of aliphatic hydroxyl groups excluding tert-OH is 2. The summed E-state index contributed by atoms with van der Waals surface area (Å²) in [7, 11) is 4.20. The normalized spacial score (nSPS) is 30.0. The van der Waals surface area contributed by atoms with Crippen LogP contribution in [-0.2, 0) is 23.9 Å². The van der Waals surface area contributed by atoms with Crippen molar-refractivity contribution in [3.8, 4) is 5.75 Å². The summed E-state index contributed by atoms with van der Waals surface area (Å²) in [5, 5.41) is 44.6. The number of rotatable bonds is 4. The number of aliphatic hydroxyl groups is 3. The van der Waals surface area contributed by atoms with Crippen LogP contribution in [0.15, 0.2) is 29.0 Å². The van der Waals surface area contributed by atoms with Gasteiger partial charge < -0.3 is 36.6 Å². The average molecular weight is 516 g/mol. The second kappa shape index (κ2) is 8.60. The smallest absolute Gasteiger partial charge is 0.309 e. The Hall–Kier alpha value is -3.90. The van der Waals surface area contributed by atoms with E-state index in [-0.39, 0.29) is 23.2 Å². The molecule has 0 radical (unpaired) electrons. The van der Waals surface area contributed by atoms with Crippen LogP contribution in [0.25, 0.3) is 5.76 Å². The number of carbonyl (C=O) groups is 4. The summed E-state index contributed by atoms with van der Waals surface area (Å²) in [5.41, 5.74) is 7.09. The molecule has 37 heavy (non-hydrogen) atoms. The second-order valence-corrected chi connectivity index (χ2v) is 9.97. The second-order valence-electron chi connectivity index (χ2n) is 9.97. The number of primary amides is 1. The van der Waals surface area contributed by atoms with Crippen LogP contribution in [0.4, 0.5) is 5.69 Å². The molecule has 1 saturated carbocycles. The van der Waals surface area contributed by atoms with Crippen LogP contribution in [-0.4, -0.2) is 81.6 Å². The van der Waals surface area contributed by atoms with Gasteiger partial charge in [-0.2, -0.15) is 0 Å². The zero-order valence-electron chi connectivity index (χ0n) is 20.7. The Balaban J connectivity index is 2.06. The SMILES string of the molecule is COC(=O)C(C)[C@H]1c2ccc(N)c(O)c2C(O)=C2C(=O)[C@]3(O)C(O)=C(C(N)=O)C(=O)[C@@H](N(C)C)[C@@H]3C[C@@H]21. The number of likely N-dealkylation sites (N-methyl/N-ethyl adjacent to an activating group) is 1. The summed E-state index contributed by atoms with van der Waals surface area (Å²) in [6.07, 6.45) is -0.164. The summed E-state index contributed by atoms with van der Waals surface area (Å²) >= 11 is 0. The van der Waals surface area contributed by atoms with Crippen molar-refractivity contribution < 1.29 is 44.3 Å². The van der Waals surface area contributed by atoms with Crippen molar-refractivity contribution in [1.82, 2.24) is 4.90 Å². The fourth-order valence-corrected chi connectivity index (χ4v) is 6.28. The first kappa shape index (κ1) is 26.2. The Morgan fingerprint density at radius 1 is 1.19 bits per heavy atom. The lowest BCUT2D eigenvalue weighted by Gasteiger charge is -2.52. The van der Waals surface area contributed by atoms with Gasteiger partial charge in [0.1, 0.15) is 22.8 Å². The lowest BCUT2D eigenvalue weighted by atomic mass is 9.54. The minimum absolute atomic E-state index is 0.108. The van der Waals surface area contributed by atoms with Gasteiger partial charge in [0.25, 0.3) is 5.91 Å². The van der Waals surface area contributed by atoms with E-state index in [2.05, 4.69) is 0 Å². The number of ketones is 2. The molecule has 8 N–H and O–H groups in total. The highest BCUT2D eigenvalue weighted by Gasteiger charge is 2.65. The van der Waals surface area contributed by atoms with Gasteiger partial charge in [0, 0.05) is 17.4 Å². The van der Waals surface area contributed by atoms with Gasteiger partial charge in [-0.1, -0.05) is 13.0 Å². The molecule has 0 saturated heterocycles. The quantitative estimate of drug-likeness (QED) is 0.135. The molecule has 1 aromatic rings. The highest BCUT2D eigenvalue weighted by Crippen LogP contribution is 2.58. The van der Waals surface area contributed by atoms with Crippen molar-refractivity contribution in [2.75, 3.05) is 26.9 Å². The molecule has 0 aliphatic heterocycles. The molecule has 1 unspecified atom stereocenters. The van der Waals surface area contributed by atoms with Crippen molar-refractivity contribution in [3.05, 3.63) is 40.2 Å². The van der Waals surface area contributed by atoms with Crippen LogP contribution in [0.3, 0.4) is 0 Å². The zero-order valence-corrected chi connectivity index (χ0v) is 20.7. The third-order valence-corrected chi connectivity index (χ3v) is 7.94. The highest BCUT2D eigenvalue weighted by molar-refractivity contribution is 6.24. The van der Waals surface area contributed by atoms with Gasteiger partial charge in [-0.05, 0) is 38.1 Å². The summed E-state index contributed by atoms with van der Waals surface area (Å²) in [6.45, 7) is 1.55. The van der Waals surface area contributed by atoms with Crippen molar-refractivity contribution in [2.24, 2.45) is 23.5 Å². The van der Waals surface area contributed by atoms with Crippen LogP contribution >= 0.6 is 0 Å². The fourth-order valence-electron chi connectivity index (χ4n) is 6.28. The molecule has 1 aromatic carbocycles. The Bertz CT molecular complexity index is 1310. The first-order valence-corrected chi connectivity index (χ1v) is 11.6. The van der Waals surface area contributed by atoms with E-state index in [0.717, 1.165) is 0 Å². The average Bonchev–Trinajstić information content (AvgIpc) is 2.82. The molecular weight excluding hydrogens is 486 g/mol. The minimum atomic E-state index is -2.79. The molecule has 6 atom stereocenters. The van der Waals surface area contributed by atoms with Crippen molar-refractivity contribution in [2.45, 2.75) is 30.9 Å². The summed E-state index contributed by atoms with van der Waals surface area (Å²) < 4.78 is 4.93. The Kier molecular flexibility index (Phi) is 6.08. The number of hydrogen-bond acceptors (Lipinski definition) is 11. The number of phenolic OH excluding ortho intramolecular Hbond substituents is 1. The molecule has 0 spiro atoms. The number of aromatic hydroxyl groups is 1. The number of fused-ring (bicyclic) bond motifs is 3. The topological polar surface area (TPSA) is 214 Å². The molecule has 198 valence electrons. The van der Waals surface area contributed by atoms with Crippen LogP contribution < -0.4 is 11.5 Å². The third kappa shape index (κ3) is 3.36. The number of carbonyl (C=O) groups excluding carboxylic acids is 4. The largest absolute Gasteiger partial charge is 0.508 e. The molecule has 12 heteroatoms. The number of nitrogens with zero attached hydrogens (tertiary/aromatic N) is 1. The summed E-state index contributed by atoms with van der Waals surface area (Å²) in [4.78, 5) is 53.4. The lowest BCUT2D eigenvalue weighted by molar-refractivity contribution is -0.156. The molecule has 1 amide bonds. The number of esters is 1. The van der Waals surface area contributed by atoms with Crippen LogP contribution in [0.1, 0.15) is 30.4 Å². The van der Waals surface area contributed by atoms with Crippen molar-refractivity contribution in [3.63, 3.8) is 0 Å². The predicted octanol–water partition coefficient (Wildman–Crippen LogP) is -0.104. The first-order chi connectivity index (χ1) is 17.2. The van der Waals surface area contributed by atoms with E-state index in [1.807, 2.05) is 0 Å². The van der Waals surface area contributed by atoms with E-state index >= 15 is 0 Å². The number of nitrogen functional groups attached to an aromatic ring is 1. The number of anilines is 1. The minimum Gasteiger partial charge on any atom is -0.508 e. The molecule has 0 heterocycles. The number of Topliss-reactive ketones (excluding diaryl/α,β-unsaturated/α-hetero) is 2. The van der Waals surface area contributed by atoms with Crippen LogP contribution in [0, 0.1) is 17.8 Å². The van der Waals surface area contributed by atoms with Gasteiger partial charge in [-0.15, -0.1) is 0 Å². The highest BCUT2D eigenvalue weighted by atomic mass is 16.5. The number of benzene rings is 1. The molecule has 3 aliphatic rings. The molecule has 12 nitrogen and oxygen atoms in total. The maximum absolute atomic E-state index is 14.0. The van der Waals surface area contributed by atoms with E-state index in [4.69, 9.17) is 16.2 Å². The van der Waals surface area contributed by atoms with Crippen molar-refractivity contribution >= 4 is 34.9 Å². The summed E-state index contributed by atoms with van der Waals surface area (Å²) in [5.74, 6) is -10.4. The predicted molar refractivity (Wildman–Crippen MR) is 129 cm³/mol. The van der Waals surface area contributed by atoms with E-state index in [1.54, 1.807) is 6.92 Å². The number of methoxy groups -OCH3 is 1. The van der Waals surface area contributed by atoms with Crippen LogP contribution in [0.2, 0.25) is 0 Å². The Morgan fingerprint density at radius 2 is 1.81 bits per heavy atom. The number of nitrogens with two attached hydrogens (primary N) is 2. The number of phenols is 1. The van der Waals surface area contributed by atoms with E-state index in [1.165, 1.54) is 38.2 Å². The summed E-state index contributed by atoms with van der Waals surface area (Å²) in [6, 6.07) is 1.67. The standard InChI is InChI=1S/C25H29N3O9/c1-8(24(35)37-4)13-9-5-6-12(26)18(29)14(9)19(30)15-10(13)7-11-17(28(2)3)20(31)16(23(27)34)22(33)25(11,36)21(15)32/h5-6,8,10-11,13,17,29-30,33,36H,7,26H2,1-4H3,(H2,27,34)/t8?,10-,11+,13+,17+,25+/m1/s1. The lowest BCUT2D eigenvalue weighted by Crippen LogP contribution is -2.66. The molecule has 3 aliphatic carbocycles. The van der Waals surface area contributed by atoms with Crippen LogP contribution in [0.5, 0.6) is 5.75 Å². The molecular formula is C25H29N3O9. The Labute approximate surface area is 211 Å². The third-order valence-electron chi connectivity index (χ3n) is 7.94. The monoisotopic (exact) mass is 515 g/mol. The van der Waals surface area contributed by atoms with Gasteiger partial charge in [-0.3, -0.25) is 24.1 Å². The maximum atomic E-state index is 14.0. The van der Waals surface area contributed by atoms with Gasteiger partial charge in [0.15, 0.2) is 11.4 Å². The van der Waals surface area contributed by atoms with Gasteiger partial charge in [0.05, 0.1) is 30.3 Å². The van der Waals surface area contributed by atoms with E-state index in [9.17, 15) is 39.6 Å². The molecule has 0 aromatic heterocycles. The van der Waals surface area contributed by atoms with Gasteiger partial charge in [0.2, 0.25) is 5.78 Å².